The summed E-state index contributed by atoms with van der Waals surface area (Å²) in [5.41, 5.74) is 1.97. The van der Waals surface area contributed by atoms with E-state index in [1.54, 1.807) is 50.6 Å². The van der Waals surface area contributed by atoms with Crippen LogP contribution in [0.3, 0.4) is 0 Å². The smallest absolute Gasteiger partial charge is 0.493 e. The van der Waals surface area contributed by atoms with Crippen LogP contribution in [0.5, 0.6) is 17.2 Å². The first-order valence-electron chi connectivity index (χ1n) is 7.15. The fourth-order valence-corrected chi connectivity index (χ4v) is 2.47. The van der Waals surface area contributed by atoms with E-state index in [0.29, 0.717) is 28.1 Å². The van der Waals surface area contributed by atoms with Crippen LogP contribution in [0, 0.1) is 0 Å². The second-order valence-corrected chi connectivity index (χ2v) is 4.96. The number of rotatable bonds is 4. The average Bonchev–Trinajstić information content (AvgIpc) is 2.60. The topological polar surface area (TPSA) is 77.9 Å². The number of fused-ring (bicyclic) bond motifs is 1. The fraction of sp³-hybridized carbons (Fsp3) is 0.111. The highest BCUT2D eigenvalue weighted by molar-refractivity contribution is 5.89. The van der Waals surface area contributed by atoms with Crippen molar-refractivity contribution in [1.82, 2.24) is 4.98 Å². The number of ether oxygens (including phenoxy) is 3. The number of hydrogen-bond donors (Lipinski definition) is 1. The van der Waals surface area contributed by atoms with Gasteiger partial charge in [-0.3, -0.25) is 0 Å². The third kappa shape index (κ3) is 2.94. The lowest BCUT2D eigenvalue weighted by atomic mass is 10.1. The molecule has 3 rings (SSSR count). The number of pyridine rings is 1. The third-order valence-electron chi connectivity index (χ3n) is 3.55. The highest BCUT2D eigenvalue weighted by atomic mass is 16.7. The molecule has 1 N–H and O–H groups in total. The number of benzene rings is 2. The van der Waals surface area contributed by atoms with E-state index in [1.807, 2.05) is 12.1 Å². The van der Waals surface area contributed by atoms with Crippen LogP contribution in [-0.4, -0.2) is 30.5 Å². The first-order valence-corrected chi connectivity index (χ1v) is 7.15. The van der Waals surface area contributed by atoms with Crippen LogP contribution in [-0.2, 0) is 0 Å². The number of hydrogen-bond acceptors (Lipinski definition) is 5. The minimum atomic E-state index is -1.37. The summed E-state index contributed by atoms with van der Waals surface area (Å²) >= 11 is 0. The molecule has 6 heteroatoms. The predicted molar refractivity (Wildman–Crippen MR) is 88.9 cm³/mol. The molecule has 122 valence electrons. The van der Waals surface area contributed by atoms with Crippen molar-refractivity contribution in [3.63, 3.8) is 0 Å². The zero-order chi connectivity index (χ0) is 17.1. The van der Waals surface area contributed by atoms with E-state index in [2.05, 4.69) is 4.98 Å². The van der Waals surface area contributed by atoms with Crippen molar-refractivity contribution in [2.45, 2.75) is 0 Å². The normalized spacial score (nSPS) is 10.4. The van der Waals surface area contributed by atoms with Crippen molar-refractivity contribution in [1.29, 1.82) is 0 Å². The lowest BCUT2D eigenvalue weighted by Crippen LogP contribution is -2.04. The van der Waals surface area contributed by atoms with Crippen molar-refractivity contribution in [3.8, 4) is 28.5 Å². The van der Waals surface area contributed by atoms with E-state index >= 15 is 0 Å². The molecule has 6 nitrogen and oxygen atoms in total. The number of carbonyl (C=O) groups is 1. The van der Waals surface area contributed by atoms with Gasteiger partial charge in [0.1, 0.15) is 5.75 Å². The monoisotopic (exact) mass is 325 g/mol. The molecule has 3 aromatic rings. The Bertz CT molecular complexity index is 907. The third-order valence-corrected chi connectivity index (χ3v) is 3.55. The van der Waals surface area contributed by atoms with Gasteiger partial charge in [0, 0.05) is 17.0 Å². The summed E-state index contributed by atoms with van der Waals surface area (Å²) in [7, 11) is 3.11. The van der Waals surface area contributed by atoms with E-state index in [4.69, 9.17) is 19.3 Å². The summed E-state index contributed by atoms with van der Waals surface area (Å²) in [6, 6.07) is 14.2. The van der Waals surface area contributed by atoms with Gasteiger partial charge in [0.2, 0.25) is 0 Å². The van der Waals surface area contributed by atoms with E-state index < -0.39 is 6.16 Å². The summed E-state index contributed by atoms with van der Waals surface area (Å²) in [5, 5.41) is 9.59. The van der Waals surface area contributed by atoms with Gasteiger partial charge < -0.3 is 19.3 Å². The van der Waals surface area contributed by atoms with Gasteiger partial charge in [0.15, 0.2) is 11.5 Å². The Morgan fingerprint density at radius 3 is 2.42 bits per heavy atom. The number of methoxy groups -OCH3 is 2. The second kappa shape index (κ2) is 6.45. The van der Waals surface area contributed by atoms with Crippen LogP contribution in [0.4, 0.5) is 4.79 Å². The van der Waals surface area contributed by atoms with Gasteiger partial charge >= 0.3 is 6.16 Å². The molecule has 0 atom stereocenters. The highest BCUT2D eigenvalue weighted by Gasteiger charge is 2.13. The molecule has 0 fully saturated rings. The minimum absolute atomic E-state index is 0.234. The SMILES string of the molecule is COc1ccc(-c2cc(OC(=O)O)c3ccccc3n2)cc1OC. The molecule has 1 heterocycles. The zero-order valence-electron chi connectivity index (χ0n) is 13.1. The van der Waals surface area contributed by atoms with E-state index in [1.165, 1.54) is 0 Å². The van der Waals surface area contributed by atoms with Gasteiger partial charge in [-0.05, 0) is 30.3 Å². The van der Waals surface area contributed by atoms with Crippen molar-refractivity contribution in [2.75, 3.05) is 14.2 Å². The Morgan fingerprint density at radius 2 is 1.71 bits per heavy atom. The maximum Gasteiger partial charge on any atom is 0.511 e. The van der Waals surface area contributed by atoms with Crippen LogP contribution in [0.15, 0.2) is 48.5 Å². The number of nitrogens with zero attached hydrogens (tertiary/aromatic N) is 1. The highest BCUT2D eigenvalue weighted by Crippen LogP contribution is 2.34. The van der Waals surface area contributed by atoms with Crippen molar-refractivity contribution < 1.29 is 24.1 Å². The molecule has 0 amide bonds. The fourth-order valence-electron chi connectivity index (χ4n) is 2.47. The van der Waals surface area contributed by atoms with E-state index in [9.17, 15) is 4.79 Å². The van der Waals surface area contributed by atoms with Gasteiger partial charge in [-0.2, -0.15) is 0 Å². The lowest BCUT2D eigenvalue weighted by Gasteiger charge is -2.11. The molecule has 0 spiro atoms. The molecular formula is C18H15NO5. The maximum absolute atomic E-state index is 11.0. The van der Waals surface area contributed by atoms with Crippen LogP contribution in [0.1, 0.15) is 0 Å². The quantitative estimate of drug-likeness (QED) is 0.731. The molecular weight excluding hydrogens is 310 g/mol. The molecule has 0 aliphatic rings. The second-order valence-electron chi connectivity index (χ2n) is 4.96. The number of aromatic nitrogens is 1. The van der Waals surface area contributed by atoms with E-state index in [0.717, 1.165) is 5.56 Å². The standard InChI is InChI=1S/C18H15NO5/c1-22-15-8-7-11(9-17(15)23-2)14-10-16(24-18(20)21)12-5-3-4-6-13(12)19-14/h3-10H,1-2H3,(H,20,21). The molecule has 0 aliphatic heterocycles. The maximum atomic E-state index is 11.0. The van der Waals surface area contributed by atoms with Crippen molar-refractivity contribution in [3.05, 3.63) is 48.5 Å². The van der Waals surface area contributed by atoms with Crippen LogP contribution in [0.2, 0.25) is 0 Å². The largest absolute Gasteiger partial charge is 0.511 e. The van der Waals surface area contributed by atoms with Gasteiger partial charge in [-0.25, -0.2) is 9.78 Å². The average molecular weight is 325 g/mol. The Kier molecular flexibility index (Phi) is 4.20. The zero-order valence-corrected chi connectivity index (χ0v) is 13.1. The number of carboxylic acid groups (broad SMARTS) is 1. The summed E-state index contributed by atoms with van der Waals surface area (Å²) in [5.74, 6) is 1.40. The van der Waals surface area contributed by atoms with Gasteiger partial charge in [0.05, 0.1) is 25.4 Å². The summed E-state index contributed by atoms with van der Waals surface area (Å²) in [6.07, 6.45) is -1.37. The summed E-state index contributed by atoms with van der Waals surface area (Å²) < 4.78 is 15.4. The molecule has 0 unspecified atom stereocenters. The Hall–Kier alpha value is -3.28. The molecule has 0 radical (unpaired) electrons. The Labute approximate surface area is 138 Å². The lowest BCUT2D eigenvalue weighted by molar-refractivity contribution is 0.145. The molecule has 2 aromatic carbocycles. The van der Waals surface area contributed by atoms with Gasteiger partial charge in [0.25, 0.3) is 0 Å². The molecule has 1 aromatic heterocycles. The summed E-state index contributed by atoms with van der Waals surface area (Å²) in [6.45, 7) is 0. The Morgan fingerprint density at radius 1 is 0.958 bits per heavy atom. The molecule has 0 saturated carbocycles. The van der Waals surface area contributed by atoms with Gasteiger partial charge in [-0.15, -0.1) is 0 Å². The number of para-hydroxylation sites is 1. The molecule has 0 bridgehead atoms. The van der Waals surface area contributed by atoms with Crippen molar-refractivity contribution >= 4 is 17.1 Å². The van der Waals surface area contributed by atoms with Crippen molar-refractivity contribution in [2.24, 2.45) is 0 Å². The molecule has 0 saturated heterocycles. The van der Waals surface area contributed by atoms with Crippen LogP contribution < -0.4 is 14.2 Å². The minimum Gasteiger partial charge on any atom is -0.493 e. The first kappa shape index (κ1) is 15.6. The predicted octanol–water partition coefficient (Wildman–Crippen LogP) is 3.98. The van der Waals surface area contributed by atoms with Gasteiger partial charge in [-0.1, -0.05) is 12.1 Å². The Balaban J connectivity index is 2.17. The molecule has 0 aliphatic carbocycles. The van der Waals surface area contributed by atoms with Crippen LogP contribution in [0.25, 0.3) is 22.2 Å². The van der Waals surface area contributed by atoms with Crippen LogP contribution >= 0.6 is 0 Å². The summed E-state index contributed by atoms with van der Waals surface area (Å²) in [4.78, 5) is 15.5. The van der Waals surface area contributed by atoms with E-state index in [-0.39, 0.29) is 5.75 Å². The first-order chi connectivity index (χ1) is 11.6. The molecule has 24 heavy (non-hydrogen) atoms.